The van der Waals surface area contributed by atoms with Crippen LogP contribution in [0.15, 0.2) is 0 Å². The molecule has 0 aliphatic heterocycles. The van der Waals surface area contributed by atoms with E-state index in [1.165, 1.54) is 0 Å². The third-order valence-electron chi connectivity index (χ3n) is 2.42. The van der Waals surface area contributed by atoms with Crippen molar-refractivity contribution in [2.24, 2.45) is 0 Å². The number of carbonyl (C=O) groups is 1. The Morgan fingerprint density at radius 1 is 1.59 bits per heavy atom. The number of amides is 1. The van der Waals surface area contributed by atoms with Crippen molar-refractivity contribution in [2.75, 3.05) is 6.61 Å². The summed E-state index contributed by atoms with van der Waals surface area (Å²) in [6, 6.07) is 0.0613. The summed E-state index contributed by atoms with van der Waals surface area (Å²) in [7, 11) is 0. The number of carbonyl (C=O) groups excluding carboxylic acids is 1. The summed E-state index contributed by atoms with van der Waals surface area (Å²) in [6.07, 6.45) is 3.21. The van der Waals surface area contributed by atoms with E-state index in [9.17, 15) is 4.79 Å². The summed E-state index contributed by atoms with van der Waals surface area (Å²) in [5, 5.41) is 15.6. The summed E-state index contributed by atoms with van der Waals surface area (Å²) >= 11 is 1.14. The highest BCUT2D eigenvalue weighted by molar-refractivity contribution is 7.08. The highest BCUT2D eigenvalue weighted by Crippen LogP contribution is 2.12. The predicted octanol–water partition coefficient (Wildman–Crippen LogP) is 1.38. The number of aromatic nitrogens is 2. The van der Waals surface area contributed by atoms with Gasteiger partial charge in [0, 0.05) is 12.6 Å². The Kier molecular flexibility index (Phi) is 6.07. The molecule has 1 atom stereocenters. The van der Waals surface area contributed by atoms with Gasteiger partial charge < -0.3 is 10.4 Å². The maximum atomic E-state index is 11.9. The van der Waals surface area contributed by atoms with E-state index in [0.29, 0.717) is 11.3 Å². The number of aliphatic hydroxyl groups is 1. The smallest absolute Gasteiger partial charge is 0.265 e. The Balaban J connectivity index is 2.53. The second-order valence-corrected chi connectivity index (χ2v) is 4.79. The molecule has 17 heavy (non-hydrogen) atoms. The second kappa shape index (κ2) is 7.34. The lowest BCUT2D eigenvalue weighted by molar-refractivity contribution is 0.0939. The number of nitrogens with one attached hydrogen (secondary N) is 1. The molecule has 0 spiro atoms. The largest absolute Gasteiger partial charge is 0.396 e. The fourth-order valence-electron chi connectivity index (χ4n) is 1.54. The van der Waals surface area contributed by atoms with E-state index in [2.05, 4.69) is 14.9 Å². The zero-order valence-electron chi connectivity index (χ0n) is 10.3. The molecule has 1 heterocycles. The first kappa shape index (κ1) is 14.1. The van der Waals surface area contributed by atoms with Gasteiger partial charge in [-0.05, 0) is 37.7 Å². The van der Waals surface area contributed by atoms with Crippen molar-refractivity contribution in [1.82, 2.24) is 14.9 Å². The second-order valence-electron chi connectivity index (χ2n) is 4.04. The fraction of sp³-hybridized carbons (Fsp3) is 0.727. The molecule has 0 aliphatic rings. The Morgan fingerprint density at radius 3 is 3.00 bits per heavy atom. The molecule has 2 N–H and O–H groups in total. The van der Waals surface area contributed by atoms with Gasteiger partial charge in [0.1, 0.15) is 4.88 Å². The number of aryl methyl sites for hydroxylation is 1. The molecule has 0 aromatic carbocycles. The Hall–Kier alpha value is -1.01. The summed E-state index contributed by atoms with van der Waals surface area (Å²) < 4.78 is 3.82. The first-order valence-electron chi connectivity index (χ1n) is 5.92. The van der Waals surface area contributed by atoms with Crippen LogP contribution in [0.1, 0.15) is 48.5 Å². The molecular formula is C11H19N3O2S. The monoisotopic (exact) mass is 257 g/mol. The predicted molar refractivity (Wildman–Crippen MR) is 67.2 cm³/mol. The number of rotatable bonds is 7. The summed E-state index contributed by atoms with van der Waals surface area (Å²) in [5.41, 5.74) is 0.782. The highest BCUT2D eigenvalue weighted by Gasteiger charge is 2.17. The number of hydrogen-bond donors (Lipinski definition) is 2. The molecule has 1 rings (SSSR count). The van der Waals surface area contributed by atoms with Crippen molar-refractivity contribution in [1.29, 1.82) is 0 Å². The molecule has 0 saturated carbocycles. The third kappa shape index (κ3) is 4.40. The molecule has 1 aromatic rings. The zero-order chi connectivity index (χ0) is 12.7. The van der Waals surface area contributed by atoms with Crippen molar-refractivity contribution in [2.45, 2.75) is 45.6 Å². The standard InChI is InChI=1S/C11H19N3O2S/c1-3-5-9-10(17-14-13-9)11(16)12-8(2)6-4-7-15/h8,15H,3-7H2,1-2H3,(H,12,16). The topological polar surface area (TPSA) is 75.1 Å². The number of aliphatic hydroxyl groups excluding tert-OH is 1. The van der Waals surface area contributed by atoms with E-state index in [1.807, 2.05) is 13.8 Å². The normalized spacial score (nSPS) is 12.4. The van der Waals surface area contributed by atoms with Crippen LogP contribution in [0.4, 0.5) is 0 Å². The van der Waals surface area contributed by atoms with Crippen molar-refractivity contribution < 1.29 is 9.90 Å². The molecule has 0 saturated heterocycles. The lowest BCUT2D eigenvalue weighted by atomic mass is 10.1. The first-order chi connectivity index (χ1) is 8.19. The van der Waals surface area contributed by atoms with Crippen LogP contribution >= 0.6 is 11.5 Å². The van der Waals surface area contributed by atoms with Gasteiger partial charge in [0.05, 0.1) is 5.69 Å². The van der Waals surface area contributed by atoms with Crippen molar-refractivity contribution in [3.05, 3.63) is 10.6 Å². The van der Waals surface area contributed by atoms with Gasteiger partial charge >= 0.3 is 0 Å². The van der Waals surface area contributed by atoms with E-state index >= 15 is 0 Å². The van der Waals surface area contributed by atoms with Crippen LogP contribution in [0.3, 0.4) is 0 Å². The summed E-state index contributed by atoms with van der Waals surface area (Å²) in [4.78, 5) is 12.5. The molecule has 1 unspecified atom stereocenters. The quantitative estimate of drug-likeness (QED) is 0.774. The highest BCUT2D eigenvalue weighted by atomic mass is 32.1. The van der Waals surface area contributed by atoms with Crippen LogP contribution in [0.25, 0.3) is 0 Å². The molecule has 5 nitrogen and oxygen atoms in total. The van der Waals surface area contributed by atoms with Gasteiger partial charge in [0.2, 0.25) is 0 Å². The van der Waals surface area contributed by atoms with Crippen LogP contribution in [-0.4, -0.2) is 33.2 Å². The van der Waals surface area contributed by atoms with Crippen LogP contribution < -0.4 is 5.32 Å². The maximum Gasteiger partial charge on any atom is 0.265 e. The minimum Gasteiger partial charge on any atom is -0.396 e. The molecule has 96 valence electrons. The number of hydrogen-bond acceptors (Lipinski definition) is 5. The SMILES string of the molecule is CCCc1nnsc1C(=O)NC(C)CCCO. The minimum atomic E-state index is -0.103. The van der Waals surface area contributed by atoms with E-state index < -0.39 is 0 Å². The van der Waals surface area contributed by atoms with Crippen molar-refractivity contribution >= 4 is 17.4 Å². The lowest BCUT2D eigenvalue weighted by Gasteiger charge is -2.12. The minimum absolute atomic E-state index is 0.0613. The molecule has 6 heteroatoms. The molecule has 0 aliphatic carbocycles. The van der Waals surface area contributed by atoms with E-state index in [0.717, 1.165) is 36.5 Å². The Bertz CT molecular complexity index is 354. The maximum absolute atomic E-state index is 11.9. The van der Waals surface area contributed by atoms with E-state index in [1.54, 1.807) is 0 Å². The van der Waals surface area contributed by atoms with Crippen LogP contribution in [-0.2, 0) is 6.42 Å². The van der Waals surface area contributed by atoms with Gasteiger partial charge in [-0.15, -0.1) is 5.10 Å². The van der Waals surface area contributed by atoms with Crippen molar-refractivity contribution in [3.8, 4) is 0 Å². The average Bonchev–Trinajstić information content (AvgIpc) is 2.75. The van der Waals surface area contributed by atoms with Gasteiger partial charge in [-0.1, -0.05) is 17.8 Å². The molecule has 1 aromatic heterocycles. The third-order valence-corrected chi connectivity index (χ3v) is 3.19. The summed E-state index contributed by atoms with van der Waals surface area (Å²) in [6.45, 7) is 4.13. The Labute approximate surface area is 105 Å². The van der Waals surface area contributed by atoms with E-state index in [4.69, 9.17) is 5.11 Å². The van der Waals surface area contributed by atoms with Gasteiger partial charge in [-0.2, -0.15) is 0 Å². The molecular weight excluding hydrogens is 238 g/mol. The van der Waals surface area contributed by atoms with Gasteiger partial charge in [0.15, 0.2) is 0 Å². The van der Waals surface area contributed by atoms with Crippen LogP contribution in [0.5, 0.6) is 0 Å². The molecule has 0 fully saturated rings. The molecule has 1 amide bonds. The van der Waals surface area contributed by atoms with Gasteiger partial charge in [-0.25, -0.2) is 0 Å². The first-order valence-corrected chi connectivity index (χ1v) is 6.69. The van der Waals surface area contributed by atoms with Crippen molar-refractivity contribution in [3.63, 3.8) is 0 Å². The fourth-order valence-corrected chi connectivity index (χ4v) is 2.15. The van der Waals surface area contributed by atoms with Crippen LogP contribution in [0, 0.1) is 0 Å². The van der Waals surface area contributed by atoms with Gasteiger partial charge in [0.25, 0.3) is 5.91 Å². The van der Waals surface area contributed by atoms with Crippen LogP contribution in [0.2, 0.25) is 0 Å². The molecule has 0 bridgehead atoms. The summed E-state index contributed by atoms with van der Waals surface area (Å²) in [5.74, 6) is -0.103. The number of nitrogens with zero attached hydrogens (tertiary/aromatic N) is 2. The van der Waals surface area contributed by atoms with Gasteiger partial charge in [-0.3, -0.25) is 4.79 Å². The van der Waals surface area contributed by atoms with E-state index in [-0.39, 0.29) is 18.6 Å². The molecule has 0 radical (unpaired) electrons. The zero-order valence-corrected chi connectivity index (χ0v) is 11.1. The lowest BCUT2D eigenvalue weighted by Crippen LogP contribution is -2.32. The Morgan fingerprint density at radius 2 is 2.35 bits per heavy atom. The average molecular weight is 257 g/mol.